The summed E-state index contributed by atoms with van der Waals surface area (Å²) in [5.74, 6) is 0. The van der Waals surface area contributed by atoms with E-state index >= 15 is 0 Å². The van der Waals surface area contributed by atoms with Gasteiger partial charge < -0.3 is 0 Å². The molecule has 0 unspecified atom stereocenters. The molecule has 127 valence electrons. The molecule has 0 heteroatoms. The first-order chi connectivity index (χ1) is 11.9. The smallest absolute Gasteiger partial charge is 0.0348 e. The summed E-state index contributed by atoms with van der Waals surface area (Å²) in [6.07, 6.45) is 40.0. The zero-order valence-electron chi connectivity index (χ0n) is 14.9. The van der Waals surface area contributed by atoms with Crippen LogP contribution in [0, 0.1) is 6.58 Å². The van der Waals surface area contributed by atoms with Crippen molar-refractivity contribution in [3.8, 4) is 0 Å². The lowest BCUT2D eigenvalue weighted by molar-refractivity contribution is 0.674. The number of rotatable bonds is 13. The molecule has 0 saturated carbocycles. The predicted molar refractivity (Wildman–Crippen MR) is 111 cm³/mol. The molecule has 0 spiro atoms. The van der Waals surface area contributed by atoms with Crippen molar-refractivity contribution in [2.24, 2.45) is 0 Å². The molecule has 0 atom stereocenters. The van der Waals surface area contributed by atoms with E-state index in [1.807, 2.05) is 72.9 Å². The molecule has 0 rings (SSSR count). The van der Waals surface area contributed by atoms with Gasteiger partial charge in [-0.2, -0.15) is 0 Å². The maximum atomic E-state index is 5.21. The minimum atomic E-state index is 1.18. The molecule has 0 amide bonds. The van der Waals surface area contributed by atoms with E-state index < -0.39 is 0 Å². The van der Waals surface area contributed by atoms with Crippen LogP contribution >= 0.6 is 0 Å². The predicted octanol–water partition coefficient (Wildman–Crippen LogP) is 7.40. The van der Waals surface area contributed by atoms with Crippen LogP contribution in [0.2, 0.25) is 0 Å². The first kappa shape index (κ1) is 21.7. The molecule has 0 aromatic rings. The summed E-state index contributed by atoms with van der Waals surface area (Å²) in [4.78, 5) is 0. The van der Waals surface area contributed by atoms with E-state index in [2.05, 4.69) is 25.2 Å². The fourth-order valence-electron chi connectivity index (χ4n) is 1.76. The maximum Gasteiger partial charge on any atom is -0.0348 e. The lowest BCUT2D eigenvalue weighted by Gasteiger charge is -1.92. The minimum Gasteiger partial charge on any atom is -0.0845 e. The number of allylic oxidation sites excluding steroid dienone is 17. The van der Waals surface area contributed by atoms with Gasteiger partial charge in [-0.05, 0) is 12.8 Å². The lowest BCUT2D eigenvalue weighted by atomic mass is 10.1. The van der Waals surface area contributed by atoms with Crippen LogP contribution in [0.4, 0.5) is 0 Å². The largest absolute Gasteiger partial charge is 0.0845 e. The van der Waals surface area contributed by atoms with Crippen LogP contribution in [0.3, 0.4) is 0 Å². The normalized spacial score (nSPS) is 13.7. The molecule has 0 fully saturated rings. The summed E-state index contributed by atoms with van der Waals surface area (Å²) < 4.78 is 0. The summed E-state index contributed by atoms with van der Waals surface area (Å²) in [6, 6.07) is 0. The van der Waals surface area contributed by atoms with Gasteiger partial charge in [0, 0.05) is 0 Å². The van der Waals surface area contributed by atoms with E-state index in [4.69, 9.17) is 6.58 Å². The first-order valence-corrected chi connectivity index (χ1v) is 8.78. The van der Waals surface area contributed by atoms with Gasteiger partial charge in [-0.15, -0.1) is 0 Å². The third-order valence-corrected chi connectivity index (χ3v) is 3.03. The molecule has 0 heterocycles. The Kier molecular flexibility index (Phi) is 18.6. The first-order valence-electron chi connectivity index (χ1n) is 8.78. The van der Waals surface area contributed by atoms with Gasteiger partial charge in [0.05, 0.1) is 0 Å². The second-order valence-electron chi connectivity index (χ2n) is 5.16. The van der Waals surface area contributed by atoms with Crippen LogP contribution < -0.4 is 0 Å². The van der Waals surface area contributed by atoms with Crippen LogP contribution in [-0.2, 0) is 0 Å². The van der Waals surface area contributed by atoms with Crippen molar-refractivity contribution in [1.82, 2.24) is 0 Å². The molecule has 0 saturated heterocycles. The zero-order valence-corrected chi connectivity index (χ0v) is 14.9. The van der Waals surface area contributed by atoms with Gasteiger partial charge in [0.2, 0.25) is 0 Å². The Hall–Kier alpha value is -2.34. The van der Waals surface area contributed by atoms with Crippen molar-refractivity contribution in [2.45, 2.75) is 39.0 Å². The molecule has 0 aliphatic rings. The highest BCUT2D eigenvalue weighted by Gasteiger charge is 1.82. The van der Waals surface area contributed by atoms with Gasteiger partial charge in [0.15, 0.2) is 0 Å². The Bertz CT molecular complexity index is 502. The molecule has 0 aromatic heterocycles. The highest BCUT2D eigenvalue weighted by molar-refractivity contribution is 5.21. The third kappa shape index (κ3) is 19.7. The monoisotopic (exact) mass is 319 g/mol. The van der Waals surface area contributed by atoms with Gasteiger partial charge in [-0.3, -0.25) is 0 Å². The standard InChI is InChI=1S/C24H31/c1-3-5-7-9-11-13-15-17-19-21-23-24-22-20-18-16-14-12-10-8-6-4-2/h1,3,5,7,9,11,13-24H,4,6,8,10,12H2,2H3/b3-1?,7-5+,11-9+,15-13+,16-14+,19-17+,20-18+,23-21+,24-22+. The maximum absolute atomic E-state index is 5.21. The highest BCUT2D eigenvalue weighted by Crippen LogP contribution is 2.02. The Morgan fingerprint density at radius 1 is 0.500 bits per heavy atom. The minimum absolute atomic E-state index is 1.18. The van der Waals surface area contributed by atoms with E-state index in [1.54, 1.807) is 6.08 Å². The molecule has 0 aliphatic heterocycles. The molecule has 0 aliphatic carbocycles. The summed E-state index contributed by atoms with van der Waals surface area (Å²) in [6.45, 7) is 7.46. The second-order valence-corrected chi connectivity index (χ2v) is 5.16. The Morgan fingerprint density at radius 3 is 1.33 bits per heavy atom. The summed E-state index contributed by atoms with van der Waals surface area (Å²) in [5.41, 5.74) is 0. The molecule has 1 radical (unpaired) electrons. The van der Waals surface area contributed by atoms with Gasteiger partial charge in [0.25, 0.3) is 0 Å². The van der Waals surface area contributed by atoms with Gasteiger partial charge in [0.1, 0.15) is 0 Å². The number of unbranched alkanes of at least 4 members (excludes halogenated alkanes) is 4. The van der Waals surface area contributed by atoms with Crippen LogP contribution in [0.25, 0.3) is 0 Å². The van der Waals surface area contributed by atoms with Crippen molar-refractivity contribution in [1.29, 1.82) is 0 Å². The molecular weight excluding hydrogens is 288 g/mol. The molecule has 0 bridgehead atoms. The molecule has 0 nitrogen and oxygen atoms in total. The molecular formula is C24H31. The second kappa shape index (κ2) is 20.7. The van der Waals surface area contributed by atoms with Crippen molar-refractivity contribution in [2.75, 3.05) is 0 Å². The van der Waals surface area contributed by atoms with Crippen LogP contribution in [0.5, 0.6) is 0 Å². The van der Waals surface area contributed by atoms with Crippen LogP contribution in [0.1, 0.15) is 39.0 Å². The van der Waals surface area contributed by atoms with Crippen LogP contribution in [-0.4, -0.2) is 0 Å². The summed E-state index contributed by atoms with van der Waals surface area (Å²) in [7, 11) is 0. The average molecular weight is 320 g/mol. The van der Waals surface area contributed by atoms with Gasteiger partial charge in [-0.1, -0.05) is 136 Å². The van der Waals surface area contributed by atoms with E-state index in [-0.39, 0.29) is 0 Å². The van der Waals surface area contributed by atoms with E-state index in [0.29, 0.717) is 0 Å². The van der Waals surface area contributed by atoms with Gasteiger partial charge in [-0.25, -0.2) is 0 Å². The quantitative estimate of drug-likeness (QED) is 0.245. The Labute approximate surface area is 149 Å². The van der Waals surface area contributed by atoms with E-state index in [0.717, 1.165) is 0 Å². The zero-order chi connectivity index (χ0) is 17.6. The average Bonchev–Trinajstić information content (AvgIpc) is 2.60. The van der Waals surface area contributed by atoms with Crippen molar-refractivity contribution >= 4 is 0 Å². The number of hydrogen-bond acceptors (Lipinski definition) is 0. The topological polar surface area (TPSA) is 0 Å². The van der Waals surface area contributed by atoms with Gasteiger partial charge >= 0.3 is 0 Å². The van der Waals surface area contributed by atoms with Crippen molar-refractivity contribution in [3.63, 3.8) is 0 Å². The fraction of sp³-hybridized carbons (Fsp3) is 0.250. The molecule has 24 heavy (non-hydrogen) atoms. The van der Waals surface area contributed by atoms with E-state index in [9.17, 15) is 0 Å². The number of hydrogen-bond donors (Lipinski definition) is 0. The van der Waals surface area contributed by atoms with Crippen molar-refractivity contribution in [3.05, 3.63) is 110 Å². The van der Waals surface area contributed by atoms with E-state index in [1.165, 1.54) is 38.2 Å². The van der Waals surface area contributed by atoms with Crippen molar-refractivity contribution < 1.29 is 0 Å². The highest BCUT2D eigenvalue weighted by atomic mass is 13.9. The summed E-state index contributed by atoms with van der Waals surface area (Å²) in [5, 5.41) is 0. The molecule has 0 aromatic carbocycles. The SMILES string of the molecule is [CH]=C/C=C/C=C/C=C/C=C/C=C/C=C/C=C/C=C/CCCCCC. The Morgan fingerprint density at radius 2 is 0.917 bits per heavy atom. The fourth-order valence-corrected chi connectivity index (χ4v) is 1.76. The third-order valence-electron chi connectivity index (χ3n) is 3.03. The lowest BCUT2D eigenvalue weighted by Crippen LogP contribution is -1.72. The summed E-state index contributed by atoms with van der Waals surface area (Å²) >= 11 is 0. The Balaban J connectivity index is 3.74. The molecule has 0 N–H and O–H groups in total. The van der Waals surface area contributed by atoms with Crippen LogP contribution in [0.15, 0.2) is 103 Å².